The number of fused-ring (bicyclic) bond motifs is 1. The van der Waals surface area contributed by atoms with Gasteiger partial charge in [0.05, 0.1) is 24.3 Å². The second-order valence-electron chi connectivity index (χ2n) is 7.02. The summed E-state index contributed by atoms with van der Waals surface area (Å²) in [6, 6.07) is 15.5. The van der Waals surface area contributed by atoms with Crippen molar-refractivity contribution in [2.45, 2.75) is 18.3 Å². The van der Waals surface area contributed by atoms with Crippen molar-refractivity contribution in [2.24, 2.45) is 0 Å². The largest absolute Gasteiger partial charge is 0.496 e. The van der Waals surface area contributed by atoms with Crippen LogP contribution in [0.3, 0.4) is 0 Å². The van der Waals surface area contributed by atoms with Gasteiger partial charge in [-0.1, -0.05) is 30.3 Å². The van der Waals surface area contributed by atoms with E-state index in [1.807, 2.05) is 42.5 Å². The smallest absolute Gasteiger partial charge is 0.271 e. The molecule has 0 atom stereocenters. The van der Waals surface area contributed by atoms with Crippen molar-refractivity contribution < 1.29 is 14.3 Å². The molecule has 6 nitrogen and oxygen atoms in total. The van der Waals surface area contributed by atoms with Gasteiger partial charge in [-0.15, -0.1) is 0 Å². The number of aromatic nitrogens is 2. The van der Waals surface area contributed by atoms with Crippen molar-refractivity contribution >= 4 is 16.9 Å². The van der Waals surface area contributed by atoms with Crippen LogP contribution in [0.15, 0.2) is 54.7 Å². The van der Waals surface area contributed by atoms with Crippen molar-refractivity contribution in [1.29, 1.82) is 0 Å². The third-order valence-electron chi connectivity index (χ3n) is 5.40. The number of para-hydroxylation sites is 3. The first-order valence-electron chi connectivity index (χ1n) is 9.43. The fraction of sp³-hybridized carbons (Fsp3) is 0.318. The van der Waals surface area contributed by atoms with Gasteiger partial charge in [0, 0.05) is 30.7 Å². The van der Waals surface area contributed by atoms with E-state index in [1.165, 1.54) is 6.20 Å². The minimum atomic E-state index is -0.231. The van der Waals surface area contributed by atoms with E-state index in [0.717, 1.165) is 29.7 Å². The maximum atomic E-state index is 12.8. The molecule has 3 aromatic rings. The molecule has 1 amide bonds. The van der Waals surface area contributed by atoms with Gasteiger partial charge in [0.15, 0.2) is 0 Å². The summed E-state index contributed by atoms with van der Waals surface area (Å²) < 4.78 is 11.2. The van der Waals surface area contributed by atoms with Crippen molar-refractivity contribution in [1.82, 2.24) is 15.3 Å². The van der Waals surface area contributed by atoms with E-state index in [0.29, 0.717) is 31.0 Å². The second-order valence-corrected chi connectivity index (χ2v) is 7.02. The molecule has 0 saturated carbocycles. The minimum Gasteiger partial charge on any atom is -0.496 e. The average Bonchev–Trinajstić information content (AvgIpc) is 2.77. The van der Waals surface area contributed by atoms with Crippen LogP contribution < -0.4 is 10.1 Å². The van der Waals surface area contributed by atoms with Crippen molar-refractivity contribution in [3.63, 3.8) is 0 Å². The molecule has 1 saturated heterocycles. The van der Waals surface area contributed by atoms with Gasteiger partial charge in [-0.2, -0.15) is 0 Å². The molecule has 144 valence electrons. The third kappa shape index (κ3) is 3.55. The number of benzene rings is 2. The Morgan fingerprint density at radius 2 is 1.82 bits per heavy atom. The summed E-state index contributed by atoms with van der Waals surface area (Å²) in [5.74, 6) is 0.614. The monoisotopic (exact) mass is 377 g/mol. The first kappa shape index (κ1) is 18.4. The SMILES string of the molecule is COc1ccccc1C1(CNC(=O)c2cnc3ccccc3n2)CCOCC1. The average molecular weight is 377 g/mol. The topological polar surface area (TPSA) is 73.3 Å². The quantitative estimate of drug-likeness (QED) is 0.740. The highest BCUT2D eigenvalue weighted by Gasteiger charge is 2.37. The molecule has 0 radical (unpaired) electrons. The zero-order chi connectivity index (χ0) is 19.4. The van der Waals surface area contributed by atoms with Gasteiger partial charge < -0.3 is 14.8 Å². The Kier molecular flexibility index (Phi) is 5.21. The highest BCUT2D eigenvalue weighted by molar-refractivity contribution is 5.93. The Balaban J connectivity index is 1.58. The van der Waals surface area contributed by atoms with Crippen LogP contribution in [-0.2, 0) is 10.2 Å². The van der Waals surface area contributed by atoms with Crippen LogP contribution in [0.5, 0.6) is 5.75 Å². The number of carbonyl (C=O) groups excluding carboxylic acids is 1. The molecule has 1 aliphatic heterocycles. The van der Waals surface area contributed by atoms with Crippen LogP contribution in [0.4, 0.5) is 0 Å². The van der Waals surface area contributed by atoms with Gasteiger partial charge in [-0.3, -0.25) is 9.78 Å². The maximum absolute atomic E-state index is 12.8. The lowest BCUT2D eigenvalue weighted by Gasteiger charge is -2.38. The Labute approximate surface area is 163 Å². The van der Waals surface area contributed by atoms with Gasteiger partial charge in [-0.05, 0) is 31.0 Å². The van der Waals surface area contributed by atoms with Crippen LogP contribution in [0.2, 0.25) is 0 Å². The molecular formula is C22H23N3O3. The van der Waals surface area contributed by atoms with E-state index in [2.05, 4.69) is 21.4 Å². The molecule has 1 fully saturated rings. The van der Waals surface area contributed by atoms with Crippen LogP contribution in [0.25, 0.3) is 11.0 Å². The predicted octanol–water partition coefficient (Wildman–Crippen LogP) is 3.12. The number of amides is 1. The summed E-state index contributed by atoms with van der Waals surface area (Å²) in [6.07, 6.45) is 3.16. The highest BCUT2D eigenvalue weighted by Crippen LogP contribution is 2.39. The maximum Gasteiger partial charge on any atom is 0.271 e. The van der Waals surface area contributed by atoms with E-state index < -0.39 is 0 Å². The van der Waals surface area contributed by atoms with Gasteiger partial charge >= 0.3 is 0 Å². The fourth-order valence-electron chi connectivity index (χ4n) is 3.79. The van der Waals surface area contributed by atoms with Crippen molar-refractivity contribution in [3.8, 4) is 5.75 Å². The molecule has 28 heavy (non-hydrogen) atoms. The molecule has 1 aliphatic rings. The lowest BCUT2D eigenvalue weighted by molar-refractivity contribution is 0.0478. The van der Waals surface area contributed by atoms with Gasteiger partial charge in [0.2, 0.25) is 0 Å². The van der Waals surface area contributed by atoms with Crippen LogP contribution in [0.1, 0.15) is 28.9 Å². The lowest BCUT2D eigenvalue weighted by atomic mass is 9.73. The Morgan fingerprint density at radius 1 is 1.11 bits per heavy atom. The van der Waals surface area contributed by atoms with Gasteiger partial charge in [-0.25, -0.2) is 4.98 Å². The Morgan fingerprint density at radius 3 is 2.61 bits per heavy atom. The number of nitrogens with one attached hydrogen (secondary N) is 1. The summed E-state index contributed by atoms with van der Waals surface area (Å²) in [5.41, 5.74) is 2.67. The molecule has 0 spiro atoms. The van der Waals surface area contributed by atoms with Crippen molar-refractivity contribution in [2.75, 3.05) is 26.9 Å². The standard InChI is InChI=1S/C22H23N3O3/c1-27-20-9-5-2-6-16(20)22(10-12-28-13-11-22)15-24-21(26)19-14-23-17-7-3-4-8-18(17)25-19/h2-9,14H,10-13,15H2,1H3,(H,24,26). The van der Waals surface area contributed by atoms with E-state index in [-0.39, 0.29) is 11.3 Å². The number of nitrogens with zero attached hydrogens (tertiary/aromatic N) is 2. The molecule has 2 aromatic carbocycles. The number of hydrogen-bond acceptors (Lipinski definition) is 5. The fourth-order valence-corrected chi connectivity index (χ4v) is 3.79. The molecule has 2 heterocycles. The third-order valence-corrected chi connectivity index (χ3v) is 5.40. The minimum absolute atomic E-state index is 0.223. The molecular weight excluding hydrogens is 354 g/mol. The number of carbonyl (C=O) groups is 1. The zero-order valence-corrected chi connectivity index (χ0v) is 15.9. The van der Waals surface area contributed by atoms with E-state index in [1.54, 1.807) is 7.11 Å². The predicted molar refractivity (Wildman–Crippen MR) is 107 cm³/mol. The summed E-state index contributed by atoms with van der Waals surface area (Å²) >= 11 is 0. The van der Waals surface area contributed by atoms with Crippen LogP contribution in [0, 0.1) is 0 Å². The normalized spacial score (nSPS) is 15.9. The van der Waals surface area contributed by atoms with E-state index in [9.17, 15) is 4.79 Å². The first-order valence-corrected chi connectivity index (χ1v) is 9.43. The van der Waals surface area contributed by atoms with Crippen molar-refractivity contribution in [3.05, 3.63) is 66.0 Å². The molecule has 1 aromatic heterocycles. The molecule has 0 bridgehead atoms. The van der Waals surface area contributed by atoms with Gasteiger partial charge in [0.1, 0.15) is 11.4 Å². The van der Waals surface area contributed by atoms with E-state index >= 15 is 0 Å². The summed E-state index contributed by atoms with van der Waals surface area (Å²) in [7, 11) is 1.68. The second kappa shape index (κ2) is 7.94. The number of rotatable bonds is 5. The van der Waals surface area contributed by atoms with Crippen LogP contribution in [-0.4, -0.2) is 42.7 Å². The van der Waals surface area contributed by atoms with Crippen LogP contribution >= 0.6 is 0 Å². The summed E-state index contributed by atoms with van der Waals surface area (Å²) in [6.45, 7) is 1.80. The summed E-state index contributed by atoms with van der Waals surface area (Å²) in [5, 5.41) is 3.07. The number of hydrogen-bond donors (Lipinski definition) is 1. The molecule has 1 N–H and O–H groups in total. The van der Waals surface area contributed by atoms with E-state index in [4.69, 9.17) is 9.47 Å². The highest BCUT2D eigenvalue weighted by atomic mass is 16.5. The number of ether oxygens (including phenoxy) is 2. The first-order chi connectivity index (χ1) is 13.7. The molecule has 6 heteroatoms. The molecule has 0 unspecified atom stereocenters. The lowest BCUT2D eigenvalue weighted by Crippen LogP contribution is -2.45. The van der Waals surface area contributed by atoms with Gasteiger partial charge in [0.25, 0.3) is 5.91 Å². The Bertz CT molecular complexity index is 983. The molecule has 4 rings (SSSR count). The summed E-state index contributed by atoms with van der Waals surface area (Å²) in [4.78, 5) is 21.6. The zero-order valence-electron chi connectivity index (χ0n) is 15.9. The molecule has 0 aliphatic carbocycles. The Hall–Kier alpha value is -2.99. The number of methoxy groups -OCH3 is 1.